The lowest BCUT2D eigenvalue weighted by Crippen LogP contribution is -2.48. The molecule has 1 atom stereocenters. The lowest BCUT2D eigenvalue weighted by Gasteiger charge is -2.35. The Labute approximate surface area is 111 Å². The molecule has 1 heterocycles. The van der Waals surface area contributed by atoms with Crippen molar-refractivity contribution in [2.45, 2.75) is 65.3 Å². The van der Waals surface area contributed by atoms with Gasteiger partial charge >= 0.3 is 0 Å². The summed E-state index contributed by atoms with van der Waals surface area (Å²) in [5.74, 6) is 2.04. The Morgan fingerprint density at radius 1 is 1.41 bits per heavy atom. The van der Waals surface area contributed by atoms with E-state index >= 15 is 0 Å². The topological polar surface area (TPSA) is 24.4 Å². The van der Waals surface area contributed by atoms with Crippen LogP contribution in [0.4, 0.5) is 0 Å². The summed E-state index contributed by atoms with van der Waals surface area (Å²) in [6.07, 6.45) is 6.30. The third-order valence-corrected chi connectivity index (χ3v) is 4.44. The fourth-order valence-corrected chi connectivity index (χ4v) is 3.17. The van der Waals surface area contributed by atoms with Crippen molar-refractivity contribution in [1.82, 2.24) is 5.32 Å². The molecule has 17 heavy (non-hydrogen) atoms. The predicted molar refractivity (Wildman–Crippen MR) is 79.9 cm³/mol. The Hall–Kier alpha value is -0.180. The molecule has 1 unspecified atom stereocenters. The van der Waals surface area contributed by atoms with Crippen LogP contribution >= 0.6 is 11.8 Å². The number of aliphatic imine (C=N–C) groups is 1. The molecule has 0 aromatic rings. The zero-order chi connectivity index (χ0) is 12.7. The highest BCUT2D eigenvalue weighted by Gasteiger charge is 2.27. The molecule has 0 bridgehead atoms. The maximum atomic E-state index is 4.69. The molecular weight excluding hydrogens is 228 g/mol. The largest absolute Gasteiger partial charge is 0.360 e. The van der Waals surface area contributed by atoms with Gasteiger partial charge in [0, 0.05) is 17.8 Å². The van der Waals surface area contributed by atoms with Gasteiger partial charge in [-0.3, -0.25) is 4.99 Å². The molecule has 3 heteroatoms. The van der Waals surface area contributed by atoms with E-state index in [9.17, 15) is 0 Å². The van der Waals surface area contributed by atoms with Crippen molar-refractivity contribution in [3.63, 3.8) is 0 Å². The van der Waals surface area contributed by atoms with E-state index in [4.69, 9.17) is 4.99 Å². The Morgan fingerprint density at radius 2 is 2.18 bits per heavy atom. The van der Waals surface area contributed by atoms with Gasteiger partial charge in [0.1, 0.15) is 0 Å². The first-order chi connectivity index (χ1) is 8.06. The number of hydrogen-bond donors (Lipinski definition) is 1. The molecule has 1 N–H and O–H groups in total. The van der Waals surface area contributed by atoms with Crippen molar-refractivity contribution in [2.75, 3.05) is 12.3 Å². The van der Waals surface area contributed by atoms with Gasteiger partial charge in [0.25, 0.3) is 0 Å². The Balaban J connectivity index is 2.25. The van der Waals surface area contributed by atoms with E-state index < -0.39 is 0 Å². The van der Waals surface area contributed by atoms with Gasteiger partial charge < -0.3 is 5.32 Å². The molecular formula is C14H28N2S. The summed E-state index contributed by atoms with van der Waals surface area (Å²) in [7, 11) is 0. The predicted octanol–water partition coefficient (Wildman–Crippen LogP) is 4.06. The monoisotopic (exact) mass is 256 g/mol. The van der Waals surface area contributed by atoms with Gasteiger partial charge in [-0.2, -0.15) is 0 Å². The normalized spacial score (nSPS) is 27.5. The van der Waals surface area contributed by atoms with Gasteiger partial charge in [0.15, 0.2) is 5.17 Å². The third kappa shape index (κ3) is 5.80. The second-order valence-corrected chi connectivity index (χ2v) is 6.80. The van der Waals surface area contributed by atoms with Gasteiger partial charge in [-0.05, 0) is 32.1 Å². The van der Waals surface area contributed by atoms with E-state index in [1.54, 1.807) is 0 Å². The van der Waals surface area contributed by atoms with Gasteiger partial charge in [-0.25, -0.2) is 0 Å². The van der Waals surface area contributed by atoms with Crippen molar-refractivity contribution in [2.24, 2.45) is 10.9 Å². The standard InChI is InChI=1S/C14H28N2S/c1-5-14(4)9-11-17-13(16-14)15-10-7-6-8-12(2)3/h12H,5-11H2,1-4H3,(H,15,16). The molecule has 100 valence electrons. The number of nitrogens with one attached hydrogen (secondary N) is 1. The Bertz CT molecular complexity index is 251. The average molecular weight is 256 g/mol. The van der Waals surface area contributed by atoms with E-state index in [0.29, 0.717) is 0 Å². The molecule has 0 aromatic carbocycles. The van der Waals surface area contributed by atoms with Crippen LogP contribution in [0, 0.1) is 5.92 Å². The highest BCUT2D eigenvalue weighted by molar-refractivity contribution is 8.13. The Kier molecular flexibility index (Phi) is 6.39. The van der Waals surface area contributed by atoms with Gasteiger partial charge in [-0.15, -0.1) is 0 Å². The second kappa shape index (κ2) is 7.30. The molecule has 0 saturated carbocycles. The summed E-state index contributed by atoms with van der Waals surface area (Å²) in [6.45, 7) is 10.1. The molecule has 2 nitrogen and oxygen atoms in total. The second-order valence-electron chi connectivity index (χ2n) is 5.71. The van der Waals surface area contributed by atoms with E-state index in [0.717, 1.165) is 12.5 Å². The highest BCUT2D eigenvalue weighted by Crippen LogP contribution is 2.24. The minimum Gasteiger partial charge on any atom is -0.360 e. The first-order valence-electron chi connectivity index (χ1n) is 7.01. The van der Waals surface area contributed by atoms with Gasteiger partial charge in [0.05, 0.1) is 0 Å². The van der Waals surface area contributed by atoms with E-state index in [-0.39, 0.29) is 5.54 Å². The summed E-state index contributed by atoms with van der Waals surface area (Å²) in [5.41, 5.74) is 0.280. The third-order valence-electron chi connectivity index (χ3n) is 3.53. The zero-order valence-electron chi connectivity index (χ0n) is 11.9. The van der Waals surface area contributed by atoms with Crippen LogP contribution in [-0.2, 0) is 0 Å². The van der Waals surface area contributed by atoms with E-state index in [1.165, 1.54) is 43.0 Å². The lowest BCUT2D eigenvalue weighted by atomic mass is 9.96. The van der Waals surface area contributed by atoms with Gasteiger partial charge in [-0.1, -0.05) is 45.4 Å². The van der Waals surface area contributed by atoms with Crippen molar-refractivity contribution < 1.29 is 0 Å². The summed E-state index contributed by atoms with van der Waals surface area (Å²) >= 11 is 1.88. The smallest absolute Gasteiger partial charge is 0.156 e. The van der Waals surface area contributed by atoms with Gasteiger partial charge in [0.2, 0.25) is 0 Å². The molecule has 1 saturated heterocycles. The summed E-state index contributed by atoms with van der Waals surface area (Å²) in [4.78, 5) is 4.69. The fraction of sp³-hybridized carbons (Fsp3) is 0.929. The number of amidine groups is 1. The molecule has 1 aliphatic rings. The quantitative estimate of drug-likeness (QED) is 0.725. The number of hydrogen-bond acceptors (Lipinski definition) is 2. The molecule has 0 aromatic heterocycles. The molecule has 1 rings (SSSR count). The van der Waals surface area contributed by atoms with Crippen LogP contribution in [0.15, 0.2) is 4.99 Å². The minimum atomic E-state index is 0.280. The fourth-order valence-electron chi connectivity index (χ4n) is 1.93. The SMILES string of the molecule is CCC1(C)CCSC(=NCCCCC(C)C)N1. The molecule has 1 aliphatic heterocycles. The van der Waals surface area contributed by atoms with Crippen molar-refractivity contribution in [3.8, 4) is 0 Å². The molecule has 0 aliphatic carbocycles. The molecule has 1 fully saturated rings. The molecule has 0 amide bonds. The van der Waals surface area contributed by atoms with Crippen LogP contribution < -0.4 is 5.32 Å². The number of thioether (sulfide) groups is 1. The maximum Gasteiger partial charge on any atom is 0.156 e. The summed E-state index contributed by atoms with van der Waals surface area (Å²) in [5, 5.41) is 4.76. The van der Waals surface area contributed by atoms with E-state index in [1.807, 2.05) is 11.8 Å². The van der Waals surface area contributed by atoms with Crippen LogP contribution in [0.1, 0.15) is 59.8 Å². The number of nitrogens with zero attached hydrogens (tertiary/aromatic N) is 1. The van der Waals surface area contributed by atoms with Crippen molar-refractivity contribution in [3.05, 3.63) is 0 Å². The van der Waals surface area contributed by atoms with Crippen molar-refractivity contribution in [1.29, 1.82) is 0 Å². The lowest BCUT2D eigenvalue weighted by molar-refractivity contribution is 0.390. The average Bonchev–Trinajstić information content (AvgIpc) is 2.28. The van der Waals surface area contributed by atoms with Crippen LogP contribution in [0.2, 0.25) is 0 Å². The van der Waals surface area contributed by atoms with E-state index in [2.05, 4.69) is 33.0 Å². The zero-order valence-corrected chi connectivity index (χ0v) is 12.7. The molecule has 0 spiro atoms. The van der Waals surface area contributed by atoms with Crippen LogP contribution in [0.3, 0.4) is 0 Å². The minimum absolute atomic E-state index is 0.280. The first-order valence-corrected chi connectivity index (χ1v) is 8.00. The Morgan fingerprint density at radius 3 is 2.82 bits per heavy atom. The number of rotatable bonds is 6. The highest BCUT2D eigenvalue weighted by atomic mass is 32.2. The maximum absolute atomic E-state index is 4.69. The summed E-state index contributed by atoms with van der Waals surface area (Å²) < 4.78 is 0. The van der Waals surface area contributed by atoms with Crippen LogP contribution in [0.25, 0.3) is 0 Å². The molecule has 0 radical (unpaired) electrons. The first kappa shape index (κ1) is 14.9. The summed E-state index contributed by atoms with van der Waals surface area (Å²) in [6, 6.07) is 0. The van der Waals surface area contributed by atoms with Crippen LogP contribution in [0.5, 0.6) is 0 Å². The number of unbranched alkanes of at least 4 members (excludes halogenated alkanes) is 1. The van der Waals surface area contributed by atoms with Crippen molar-refractivity contribution >= 4 is 16.9 Å². The van der Waals surface area contributed by atoms with Crippen LogP contribution in [-0.4, -0.2) is 23.0 Å².